The third-order valence-corrected chi connectivity index (χ3v) is 5.28. The number of aliphatic carboxylic acids is 1. The maximum Gasteiger partial charge on any atom is 0.408 e. The van der Waals surface area contributed by atoms with Crippen LogP contribution in [-0.4, -0.2) is 43.1 Å². The first-order chi connectivity index (χ1) is 10.4. The molecule has 2 unspecified atom stereocenters. The molecule has 2 atom stereocenters. The van der Waals surface area contributed by atoms with E-state index in [1.807, 2.05) is 6.07 Å². The Hall–Kier alpha value is -2.09. The highest BCUT2D eigenvalue weighted by Crippen LogP contribution is 2.22. The normalized spacial score (nSPS) is 21.0. The molecular weight excluding hydrogens is 310 g/mol. The maximum absolute atomic E-state index is 11.7. The lowest BCUT2D eigenvalue weighted by atomic mass is 10.00. The fourth-order valence-electron chi connectivity index (χ4n) is 2.36. The van der Waals surface area contributed by atoms with E-state index in [9.17, 15) is 23.1 Å². The number of benzene rings is 1. The van der Waals surface area contributed by atoms with Gasteiger partial charge in [-0.2, -0.15) is 0 Å². The zero-order chi connectivity index (χ0) is 16.2. The molecule has 120 valence electrons. The van der Waals surface area contributed by atoms with E-state index in [0.29, 0.717) is 0 Å². The van der Waals surface area contributed by atoms with Crippen LogP contribution in [0.3, 0.4) is 0 Å². The van der Waals surface area contributed by atoms with Gasteiger partial charge in [-0.1, -0.05) is 30.3 Å². The molecule has 1 fully saturated rings. The summed E-state index contributed by atoms with van der Waals surface area (Å²) in [7, 11) is -3.22. The molecule has 1 aliphatic rings. The summed E-state index contributed by atoms with van der Waals surface area (Å²) < 4.78 is 27.8. The Morgan fingerprint density at radius 2 is 2.00 bits per heavy atom. The average Bonchev–Trinajstić information content (AvgIpc) is 2.83. The van der Waals surface area contributed by atoms with Crippen LogP contribution in [0.15, 0.2) is 30.3 Å². The van der Waals surface area contributed by atoms with E-state index < -0.39 is 33.9 Å². The summed E-state index contributed by atoms with van der Waals surface area (Å²) in [5.74, 6) is -2.18. The Kier molecular flexibility index (Phi) is 5.02. The second-order valence-electron chi connectivity index (χ2n) is 5.19. The first kappa shape index (κ1) is 16.3. The summed E-state index contributed by atoms with van der Waals surface area (Å²) in [6, 6.07) is 7.68. The molecule has 0 saturated carbocycles. The van der Waals surface area contributed by atoms with Crippen molar-refractivity contribution in [3.63, 3.8) is 0 Å². The van der Waals surface area contributed by atoms with Gasteiger partial charge in [-0.25, -0.2) is 18.0 Å². The quantitative estimate of drug-likeness (QED) is 0.828. The Morgan fingerprint density at radius 1 is 1.32 bits per heavy atom. The molecule has 2 rings (SSSR count). The number of rotatable bonds is 5. The first-order valence-electron chi connectivity index (χ1n) is 6.78. The van der Waals surface area contributed by atoms with E-state index in [-0.39, 0.29) is 24.5 Å². The number of amides is 1. The highest BCUT2D eigenvalue weighted by Gasteiger charge is 2.38. The molecule has 2 N–H and O–H groups in total. The molecule has 0 aromatic heterocycles. The van der Waals surface area contributed by atoms with Crippen molar-refractivity contribution in [1.82, 2.24) is 5.32 Å². The van der Waals surface area contributed by atoms with E-state index >= 15 is 0 Å². The molecular formula is C14H17NO6S. The SMILES string of the molecule is O=C(NC(C(=O)O)C1CCS(=O)(=O)C1)OCc1ccccc1. The van der Waals surface area contributed by atoms with E-state index in [4.69, 9.17) is 4.74 Å². The molecule has 1 aromatic rings. The summed E-state index contributed by atoms with van der Waals surface area (Å²) in [5.41, 5.74) is 0.771. The minimum absolute atomic E-state index is 0.0159. The fourth-order valence-corrected chi connectivity index (χ4v) is 4.20. The van der Waals surface area contributed by atoms with Crippen molar-refractivity contribution >= 4 is 21.9 Å². The lowest BCUT2D eigenvalue weighted by molar-refractivity contribution is -0.140. The van der Waals surface area contributed by atoms with Crippen LogP contribution in [0.1, 0.15) is 12.0 Å². The Balaban J connectivity index is 1.91. The van der Waals surface area contributed by atoms with Crippen molar-refractivity contribution in [2.45, 2.75) is 19.1 Å². The van der Waals surface area contributed by atoms with Gasteiger partial charge in [0.25, 0.3) is 0 Å². The molecule has 0 radical (unpaired) electrons. The van der Waals surface area contributed by atoms with Crippen LogP contribution in [-0.2, 0) is 26.0 Å². The number of carboxylic acid groups (broad SMARTS) is 1. The van der Waals surface area contributed by atoms with Crippen LogP contribution in [0.4, 0.5) is 4.79 Å². The van der Waals surface area contributed by atoms with Crippen LogP contribution in [0.25, 0.3) is 0 Å². The van der Waals surface area contributed by atoms with Crippen LogP contribution in [0, 0.1) is 5.92 Å². The summed E-state index contributed by atoms with van der Waals surface area (Å²) in [5, 5.41) is 11.4. The molecule has 7 nitrogen and oxygen atoms in total. The number of alkyl carbamates (subject to hydrolysis) is 1. The molecule has 0 bridgehead atoms. The van der Waals surface area contributed by atoms with Gasteiger partial charge >= 0.3 is 12.1 Å². The standard InChI is InChI=1S/C14H17NO6S/c16-13(17)12(11-6-7-22(19,20)9-11)15-14(18)21-8-10-4-2-1-3-5-10/h1-5,11-12H,6-9H2,(H,15,18)(H,16,17). The number of carbonyl (C=O) groups is 2. The lowest BCUT2D eigenvalue weighted by Gasteiger charge is -2.19. The number of nitrogens with one attached hydrogen (secondary N) is 1. The molecule has 1 aromatic carbocycles. The summed E-state index contributed by atoms with van der Waals surface area (Å²) in [4.78, 5) is 22.9. The summed E-state index contributed by atoms with van der Waals surface area (Å²) in [6.45, 7) is 0.0159. The van der Waals surface area contributed by atoms with Gasteiger partial charge in [-0.05, 0) is 12.0 Å². The number of hydrogen-bond donors (Lipinski definition) is 2. The summed E-state index contributed by atoms with van der Waals surface area (Å²) >= 11 is 0. The lowest BCUT2D eigenvalue weighted by Crippen LogP contribution is -2.46. The number of carboxylic acids is 1. The van der Waals surface area contributed by atoms with Gasteiger partial charge in [0.15, 0.2) is 9.84 Å². The van der Waals surface area contributed by atoms with Gasteiger partial charge in [0.1, 0.15) is 12.6 Å². The number of ether oxygens (including phenoxy) is 1. The van der Waals surface area contributed by atoms with Crippen molar-refractivity contribution in [3.05, 3.63) is 35.9 Å². The van der Waals surface area contributed by atoms with Gasteiger partial charge < -0.3 is 15.2 Å². The van der Waals surface area contributed by atoms with Crippen LogP contribution >= 0.6 is 0 Å². The van der Waals surface area contributed by atoms with Crippen LogP contribution in [0.2, 0.25) is 0 Å². The molecule has 22 heavy (non-hydrogen) atoms. The van der Waals surface area contributed by atoms with Gasteiger partial charge in [0.2, 0.25) is 0 Å². The Bertz CT molecular complexity index is 643. The van der Waals surface area contributed by atoms with Crippen LogP contribution in [0.5, 0.6) is 0 Å². The topological polar surface area (TPSA) is 110 Å². The predicted octanol–water partition coefficient (Wildman–Crippen LogP) is 0.801. The van der Waals surface area contributed by atoms with Crippen LogP contribution < -0.4 is 5.32 Å². The van der Waals surface area contributed by atoms with Crippen molar-refractivity contribution in [1.29, 1.82) is 0 Å². The Labute approximate surface area is 128 Å². The molecule has 1 saturated heterocycles. The monoisotopic (exact) mass is 327 g/mol. The number of hydrogen-bond acceptors (Lipinski definition) is 5. The molecule has 8 heteroatoms. The average molecular weight is 327 g/mol. The minimum Gasteiger partial charge on any atom is -0.480 e. The van der Waals surface area contributed by atoms with Gasteiger partial charge in [0, 0.05) is 5.92 Å². The molecule has 1 amide bonds. The second kappa shape index (κ2) is 6.78. The van der Waals surface area contributed by atoms with Gasteiger partial charge in [-0.15, -0.1) is 0 Å². The first-order valence-corrected chi connectivity index (χ1v) is 8.60. The molecule has 1 heterocycles. The maximum atomic E-state index is 11.7. The largest absolute Gasteiger partial charge is 0.480 e. The summed E-state index contributed by atoms with van der Waals surface area (Å²) in [6.07, 6.45) is -0.654. The Morgan fingerprint density at radius 3 is 2.55 bits per heavy atom. The van der Waals surface area contributed by atoms with Crippen molar-refractivity contribution in [2.24, 2.45) is 5.92 Å². The van der Waals surface area contributed by atoms with Crippen molar-refractivity contribution in [3.8, 4) is 0 Å². The van der Waals surface area contributed by atoms with E-state index in [0.717, 1.165) is 5.56 Å². The third-order valence-electron chi connectivity index (χ3n) is 3.49. The van der Waals surface area contributed by atoms with Crippen molar-refractivity contribution in [2.75, 3.05) is 11.5 Å². The van der Waals surface area contributed by atoms with Crippen molar-refractivity contribution < 1.29 is 27.9 Å². The van der Waals surface area contributed by atoms with E-state index in [2.05, 4.69) is 5.32 Å². The fraction of sp³-hybridized carbons (Fsp3) is 0.429. The zero-order valence-corrected chi connectivity index (χ0v) is 12.6. The van der Waals surface area contributed by atoms with E-state index in [1.165, 1.54) is 0 Å². The molecule has 0 aliphatic carbocycles. The smallest absolute Gasteiger partial charge is 0.408 e. The van der Waals surface area contributed by atoms with Gasteiger partial charge in [-0.3, -0.25) is 0 Å². The zero-order valence-electron chi connectivity index (χ0n) is 11.8. The number of sulfone groups is 1. The predicted molar refractivity (Wildman–Crippen MR) is 77.9 cm³/mol. The molecule has 0 spiro atoms. The van der Waals surface area contributed by atoms with Gasteiger partial charge in [0.05, 0.1) is 11.5 Å². The highest BCUT2D eigenvalue weighted by molar-refractivity contribution is 7.91. The van der Waals surface area contributed by atoms with E-state index in [1.54, 1.807) is 24.3 Å². The second-order valence-corrected chi connectivity index (χ2v) is 7.41. The highest BCUT2D eigenvalue weighted by atomic mass is 32.2. The number of carbonyl (C=O) groups excluding carboxylic acids is 1. The third kappa shape index (κ3) is 4.45. The minimum atomic E-state index is -3.22. The molecule has 1 aliphatic heterocycles.